The maximum absolute atomic E-state index is 12.9. The van der Waals surface area contributed by atoms with Crippen molar-refractivity contribution >= 4 is 17.4 Å². The highest BCUT2D eigenvalue weighted by molar-refractivity contribution is 5.96. The Bertz CT molecular complexity index is 633. The van der Waals surface area contributed by atoms with Crippen LogP contribution in [0.3, 0.4) is 0 Å². The molecule has 0 aromatic heterocycles. The van der Waals surface area contributed by atoms with Crippen LogP contribution in [0.2, 0.25) is 0 Å². The van der Waals surface area contributed by atoms with E-state index < -0.39 is 0 Å². The van der Waals surface area contributed by atoms with Gasteiger partial charge in [0, 0.05) is 63.0 Å². The Morgan fingerprint density at radius 3 is 2.27 bits per heavy atom. The monoisotopic (exact) mass is 357 g/mol. The predicted molar refractivity (Wildman–Crippen MR) is 105 cm³/mol. The molecular weight excluding hydrogens is 326 g/mol. The highest BCUT2D eigenvalue weighted by atomic mass is 16.2. The lowest BCUT2D eigenvalue weighted by Gasteiger charge is -2.37. The number of benzene rings is 1. The zero-order valence-electron chi connectivity index (χ0n) is 16.3. The third kappa shape index (κ3) is 4.09. The van der Waals surface area contributed by atoms with Crippen molar-refractivity contribution in [1.82, 2.24) is 9.80 Å². The molecule has 2 aliphatic rings. The number of carbonyl (C=O) groups is 2. The van der Waals surface area contributed by atoms with Gasteiger partial charge >= 0.3 is 0 Å². The smallest absolute Gasteiger partial charge is 0.227 e. The van der Waals surface area contributed by atoms with Gasteiger partial charge in [0.05, 0.1) is 5.92 Å². The SMILES string of the molecule is CCC(=O)c1ccc(N2CC[C@H](C(=O)N3CCN(C(C)C)CC3)C2)cc1. The third-order valence-corrected chi connectivity index (χ3v) is 5.77. The number of piperazine rings is 1. The zero-order chi connectivity index (χ0) is 18.7. The maximum atomic E-state index is 12.9. The van der Waals surface area contributed by atoms with E-state index in [2.05, 4.69) is 28.5 Å². The normalized spacial score (nSPS) is 21.5. The molecule has 5 nitrogen and oxygen atoms in total. The summed E-state index contributed by atoms with van der Waals surface area (Å²) in [7, 11) is 0. The van der Waals surface area contributed by atoms with Crippen LogP contribution in [-0.4, -0.2) is 66.8 Å². The molecule has 0 bridgehead atoms. The van der Waals surface area contributed by atoms with E-state index in [0.717, 1.165) is 56.9 Å². The lowest BCUT2D eigenvalue weighted by Crippen LogP contribution is -2.52. The molecule has 1 aromatic rings. The number of hydrogen-bond donors (Lipinski definition) is 0. The average molecular weight is 357 g/mol. The Balaban J connectivity index is 1.55. The van der Waals surface area contributed by atoms with Crippen LogP contribution in [0.15, 0.2) is 24.3 Å². The number of rotatable bonds is 5. The van der Waals surface area contributed by atoms with Gasteiger partial charge in [0.25, 0.3) is 0 Å². The number of hydrogen-bond acceptors (Lipinski definition) is 4. The van der Waals surface area contributed by atoms with Crippen LogP contribution < -0.4 is 4.90 Å². The minimum Gasteiger partial charge on any atom is -0.371 e. The van der Waals surface area contributed by atoms with Gasteiger partial charge in [0.1, 0.15) is 0 Å². The Morgan fingerprint density at radius 1 is 1.04 bits per heavy atom. The van der Waals surface area contributed by atoms with Crippen molar-refractivity contribution < 1.29 is 9.59 Å². The van der Waals surface area contributed by atoms with Crippen LogP contribution in [0, 0.1) is 5.92 Å². The molecule has 1 amide bonds. The first kappa shape index (κ1) is 18.9. The van der Waals surface area contributed by atoms with Crippen molar-refractivity contribution in [1.29, 1.82) is 0 Å². The zero-order valence-corrected chi connectivity index (χ0v) is 16.3. The van der Waals surface area contributed by atoms with Crippen molar-refractivity contribution in [2.45, 2.75) is 39.7 Å². The summed E-state index contributed by atoms with van der Waals surface area (Å²) in [6.07, 6.45) is 1.45. The Kier molecular flexibility index (Phi) is 5.97. The van der Waals surface area contributed by atoms with E-state index in [-0.39, 0.29) is 11.7 Å². The largest absolute Gasteiger partial charge is 0.371 e. The Labute approximate surface area is 156 Å². The third-order valence-electron chi connectivity index (χ3n) is 5.77. The first-order chi connectivity index (χ1) is 12.5. The standard InChI is InChI=1S/C21H31N3O2/c1-4-20(25)17-5-7-19(8-6-17)24-10-9-18(15-24)21(26)23-13-11-22(12-14-23)16(2)3/h5-8,16,18H,4,9-15H2,1-3H3/t18-/m0/s1. The lowest BCUT2D eigenvalue weighted by molar-refractivity contribution is -0.136. The van der Waals surface area contributed by atoms with Crippen LogP contribution in [0.4, 0.5) is 5.69 Å². The maximum Gasteiger partial charge on any atom is 0.227 e. The fourth-order valence-electron chi connectivity index (χ4n) is 3.98. The number of anilines is 1. The quantitative estimate of drug-likeness (QED) is 0.760. The van der Waals surface area contributed by atoms with Gasteiger partial charge in [-0.2, -0.15) is 0 Å². The molecule has 142 valence electrons. The second kappa shape index (κ2) is 8.21. The van der Waals surface area contributed by atoms with Gasteiger partial charge in [-0.05, 0) is 44.5 Å². The second-order valence-electron chi connectivity index (χ2n) is 7.71. The van der Waals surface area contributed by atoms with Crippen molar-refractivity contribution in [3.05, 3.63) is 29.8 Å². The highest BCUT2D eigenvalue weighted by Crippen LogP contribution is 2.26. The van der Waals surface area contributed by atoms with E-state index in [1.807, 2.05) is 31.2 Å². The van der Waals surface area contributed by atoms with E-state index in [1.165, 1.54) is 0 Å². The van der Waals surface area contributed by atoms with Crippen molar-refractivity contribution in [2.75, 3.05) is 44.2 Å². The molecule has 0 saturated carbocycles. The van der Waals surface area contributed by atoms with Crippen LogP contribution >= 0.6 is 0 Å². The van der Waals surface area contributed by atoms with Crippen LogP contribution in [-0.2, 0) is 4.79 Å². The first-order valence-electron chi connectivity index (χ1n) is 9.90. The Hall–Kier alpha value is -1.88. The van der Waals surface area contributed by atoms with Gasteiger partial charge in [-0.3, -0.25) is 14.5 Å². The van der Waals surface area contributed by atoms with Crippen molar-refractivity contribution in [3.8, 4) is 0 Å². The van der Waals surface area contributed by atoms with E-state index in [4.69, 9.17) is 0 Å². The Morgan fingerprint density at radius 2 is 1.69 bits per heavy atom. The highest BCUT2D eigenvalue weighted by Gasteiger charge is 2.33. The molecule has 26 heavy (non-hydrogen) atoms. The first-order valence-corrected chi connectivity index (χ1v) is 9.90. The minimum absolute atomic E-state index is 0.0950. The van der Waals surface area contributed by atoms with Gasteiger partial charge in [0.15, 0.2) is 5.78 Å². The number of carbonyl (C=O) groups excluding carboxylic acids is 2. The van der Waals surface area contributed by atoms with Gasteiger partial charge in [-0.25, -0.2) is 0 Å². The molecule has 2 aliphatic heterocycles. The molecule has 0 N–H and O–H groups in total. The summed E-state index contributed by atoms with van der Waals surface area (Å²) < 4.78 is 0. The predicted octanol–water partition coefficient (Wildman–Crippen LogP) is 2.66. The summed E-state index contributed by atoms with van der Waals surface area (Å²) in [5.74, 6) is 0.581. The van der Waals surface area contributed by atoms with Crippen LogP contribution in [0.5, 0.6) is 0 Å². The molecule has 2 saturated heterocycles. The molecule has 0 unspecified atom stereocenters. The van der Waals surface area contributed by atoms with Gasteiger partial charge in [-0.15, -0.1) is 0 Å². The summed E-state index contributed by atoms with van der Waals surface area (Å²) in [6.45, 7) is 11.7. The van der Waals surface area contributed by atoms with Crippen molar-refractivity contribution in [2.24, 2.45) is 5.92 Å². The average Bonchev–Trinajstić information content (AvgIpc) is 3.17. The summed E-state index contributed by atoms with van der Waals surface area (Å²) >= 11 is 0. The van der Waals surface area contributed by atoms with Gasteiger partial charge in [-0.1, -0.05) is 6.92 Å². The molecule has 2 fully saturated rings. The number of Topliss-reactive ketones (excluding diaryl/α,β-unsaturated/α-hetero) is 1. The minimum atomic E-state index is 0.0950. The van der Waals surface area contributed by atoms with E-state index in [1.54, 1.807) is 0 Å². The number of ketones is 1. The summed E-state index contributed by atoms with van der Waals surface area (Å²) in [5.41, 5.74) is 1.88. The molecule has 0 aliphatic carbocycles. The van der Waals surface area contributed by atoms with Crippen LogP contribution in [0.25, 0.3) is 0 Å². The summed E-state index contributed by atoms with van der Waals surface area (Å²) in [6, 6.07) is 8.38. The molecule has 1 aromatic carbocycles. The van der Waals surface area contributed by atoms with E-state index in [9.17, 15) is 9.59 Å². The molecule has 5 heteroatoms. The number of amides is 1. The van der Waals surface area contributed by atoms with E-state index in [0.29, 0.717) is 18.4 Å². The molecule has 0 radical (unpaired) electrons. The topological polar surface area (TPSA) is 43.9 Å². The van der Waals surface area contributed by atoms with Gasteiger partial charge < -0.3 is 9.80 Å². The summed E-state index contributed by atoms with van der Waals surface area (Å²) in [5, 5.41) is 0. The molecular formula is C21H31N3O2. The van der Waals surface area contributed by atoms with Crippen LogP contribution in [0.1, 0.15) is 44.0 Å². The lowest BCUT2D eigenvalue weighted by atomic mass is 10.1. The van der Waals surface area contributed by atoms with Gasteiger partial charge in [0.2, 0.25) is 5.91 Å². The molecule has 1 atom stereocenters. The van der Waals surface area contributed by atoms with E-state index >= 15 is 0 Å². The molecule has 2 heterocycles. The molecule has 3 rings (SSSR count). The van der Waals surface area contributed by atoms with Crippen molar-refractivity contribution in [3.63, 3.8) is 0 Å². The fraction of sp³-hybridized carbons (Fsp3) is 0.619. The number of nitrogens with zero attached hydrogens (tertiary/aromatic N) is 3. The fourth-order valence-corrected chi connectivity index (χ4v) is 3.98. The molecule has 0 spiro atoms. The second-order valence-corrected chi connectivity index (χ2v) is 7.71. The summed E-state index contributed by atoms with van der Waals surface area (Å²) in [4.78, 5) is 31.4.